The normalized spacial score (nSPS) is 17.2. The Morgan fingerprint density at radius 3 is 3.04 bits per heavy atom. The second kappa shape index (κ2) is 7.56. The fourth-order valence-corrected chi connectivity index (χ4v) is 3.92. The third-order valence-electron chi connectivity index (χ3n) is 5.15. The van der Waals surface area contributed by atoms with Crippen LogP contribution in [-0.2, 0) is 0 Å². The molecular formula is C21H23FN6. The Morgan fingerprint density at radius 2 is 2.25 bits per heavy atom. The van der Waals surface area contributed by atoms with Gasteiger partial charge in [0.2, 0.25) is 0 Å². The van der Waals surface area contributed by atoms with Crippen molar-refractivity contribution in [1.82, 2.24) is 20.5 Å². The Labute approximate surface area is 163 Å². The Morgan fingerprint density at radius 1 is 1.39 bits per heavy atom. The lowest BCUT2D eigenvalue weighted by Gasteiger charge is -2.36. The molecule has 6 nitrogen and oxygen atoms in total. The summed E-state index contributed by atoms with van der Waals surface area (Å²) in [6, 6.07) is 9.23. The summed E-state index contributed by atoms with van der Waals surface area (Å²) in [5, 5.41) is 21.1. The maximum Gasteiger partial charge on any atom is 0.155 e. The second-order valence-electron chi connectivity index (χ2n) is 7.66. The summed E-state index contributed by atoms with van der Waals surface area (Å²) in [4.78, 5) is 6.32. The number of fused-ring (bicyclic) bond motifs is 1. The summed E-state index contributed by atoms with van der Waals surface area (Å²) in [5.74, 6) is 0.199. The quantitative estimate of drug-likeness (QED) is 0.727. The van der Waals surface area contributed by atoms with Crippen molar-refractivity contribution in [3.8, 4) is 17.3 Å². The van der Waals surface area contributed by atoms with Crippen molar-refractivity contribution < 1.29 is 4.39 Å². The number of benzene rings is 1. The predicted octanol–water partition coefficient (Wildman–Crippen LogP) is 3.46. The van der Waals surface area contributed by atoms with E-state index in [0.717, 1.165) is 31.4 Å². The van der Waals surface area contributed by atoms with Crippen molar-refractivity contribution in [2.45, 2.75) is 26.3 Å². The fourth-order valence-electron chi connectivity index (χ4n) is 3.92. The SMILES string of the molecule is CC(C)C[C@@H]1CN(c2cc(-c3n[nH]c4ncccc34)c(C#N)cc2F)CCN1. The molecule has 3 aromatic rings. The van der Waals surface area contributed by atoms with Crippen LogP contribution in [-0.4, -0.2) is 40.9 Å². The number of halogens is 1. The van der Waals surface area contributed by atoms with Gasteiger partial charge in [-0.05, 0) is 36.6 Å². The average Bonchev–Trinajstić information content (AvgIpc) is 3.11. The molecule has 1 fully saturated rings. The molecule has 0 unspecified atom stereocenters. The average molecular weight is 378 g/mol. The molecule has 0 aliphatic carbocycles. The highest BCUT2D eigenvalue weighted by molar-refractivity contribution is 5.93. The Kier molecular flexibility index (Phi) is 4.97. The first kappa shape index (κ1) is 18.4. The van der Waals surface area contributed by atoms with Crippen LogP contribution in [0.3, 0.4) is 0 Å². The Hall–Kier alpha value is -2.98. The molecule has 1 aliphatic heterocycles. The molecule has 1 aromatic carbocycles. The van der Waals surface area contributed by atoms with Gasteiger partial charge in [0.15, 0.2) is 5.65 Å². The van der Waals surface area contributed by atoms with Gasteiger partial charge in [-0.1, -0.05) is 13.8 Å². The molecule has 7 heteroatoms. The van der Waals surface area contributed by atoms with Crippen LogP contribution in [0.15, 0.2) is 30.5 Å². The van der Waals surface area contributed by atoms with Gasteiger partial charge in [0.1, 0.15) is 11.5 Å². The standard InChI is InChI=1S/C21H23FN6/c1-13(2)8-15-12-28(7-6-24-15)19-10-17(14(11-23)9-18(19)22)20-16-4-3-5-25-21(16)27-26-20/h3-5,9-10,13,15,24H,6-8,12H2,1-2H3,(H,25,26,27)/t15-/m1/s1. The third kappa shape index (κ3) is 3.43. The molecule has 1 aliphatic rings. The number of hydrogen-bond donors (Lipinski definition) is 2. The molecule has 0 saturated carbocycles. The van der Waals surface area contributed by atoms with Gasteiger partial charge in [-0.25, -0.2) is 9.37 Å². The molecule has 1 saturated heterocycles. The van der Waals surface area contributed by atoms with Crippen LogP contribution in [0.5, 0.6) is 0 Å². The number of nitrogens with zero attached hydrogens (tertiary/aromatic N) is 4. The fraction of sp³-hybridized carbons (Fsp3) is 0.381. The minimum absolute atomic E-state index is 0.271. The molecule has 144 valence electrons. The zero-order chi connectivity index (χ0) is 19.7. The maximum absolute atomic E-state index is 14.9. The molecule has 3 heterocycles. The highest BCUT2D eigenvalue weighted by Gasteiger charge is 2.24. The van der Waals surface area contributed by atoms with Crippen molar-refractivity contribution in [1.29, 1.82) is 5.26 Å². The van der Waals surface area contributed by atoms with Gasteiger partial charge in [0.25, 0.3) is 0 Å². The third-order valence-corrected chi connectivity index (χ3v) is 5.15. The summed E-state index contributed by atoms with van der Waals surface area (Å²) in [7, 11) is 0. The van der Waals surface area contributed by atoms with E-state index in [9.17, 15) is 9.65 Å². The first-order valence-corrected chi connectivity index (χ1v) is 9.58. The van der Waals surface area contributed by atoms with E-state index >= 15 is 0 Å². The molecule has 4 rings (SSSR count). The number of pyridine rings is 1. The summed E-state index contributed by atoms with van der Waals surface area (Å²) in [6.45, 7) is 6.65. The topological polar surface area (TPSA) is 80.6 Å². The van der Waals surface area contributed by atoms with E-state index in [1.807, 2.05) is 12.1 Å². The van der Waals surface area contributed by atoms with Crippen molar-refractivity contribution in [3.05, 3.63) is 41.8 Å². The van der Waals surface area contributed by atoms with Gasteiger partial charge in [-0.3, -0.25) is 5.10 Å². The number of piperazine rings is 1. The molecule has 0 amide bonds. The monoisotopic (exact) mass is 378 g/mol. The van der Waals surface area contributed by atoms with Gasteiger partial charge in [-0.15, -0.1) is 0 Å². The van der Waals surface area contributed by atoms with E-state index in [1.165, 1.54) is 6.07 Å². The number of H-pyrrole nitrogens is 1. The van der Waals surface area contributed by atoms with Gasteiger partial charge in [-0.2, -0.15) is 10.4 Å². The highest BCUT2D eigenvalue weighted by Crippen LogP contribution is 2.33. The lowest BCUT2D eigenvalue weighted by molar-refractivity contribution is 0.386. The summed E-state index contributed by atoms with van der Waals surface area (Å²) < 4.78 is 14.9. The second-order valence-corrected chi connectivity index (χ2v) is 7.66. The molecule has 0 spiro atoms. The first-order valence-electron chi connectivity index (χ1n) is 9.58. The number of nitrogens with one attached hydrogen (secondary N) is 2. The summed E-state index contributed by atoms with van der Waals surface area (Å²) in [6.07, 6.45) is 2.72. The molecule has 1 atom stereocenters. The number of anilines is 1. The molecule has 0 bridgehead atoms. The van der Waals surface area contributed by atoms with E-state index < -0.39 is 0 Å². The number of rotatable bonds is 4. The minimum Gasteiger partial charge on any atom is -0.366 e. The van der Waals surface area contributed by atoms with Gasteiger partial charge in [0.05, 0.1) is 17.3 Å². The Bertz CT molecular complexity index is 1040. The molecule has 2 N–H and O–H groups in total. The largest absolute Gasteiger partial charge is 0.366 e. The highest BCUT2D eigenvalue weighted by atomic mass is 19.1. The van der Waals surface area contributed by atoms with E-state index in [0.29, 0.717) is 34.6 Å². The maximum atomic E-state index is 14.9. The van der Waals surface area contributed by atoms with Crippen LogP contribution in [0.25, 0.3) is 22.3 Å². The van der Waals surface area contributed by atoms with Crippen LogP contribution in [0.2, 0.25) is 0 Å². The summed E-state index contributed by atoms with van der Waals surface area (Å²) in [5.41, 5.74) is 2.68. The van der Waals surface area contributed by atoms with Crippen molar-refractivity contribution in [2.75, 3.05) is 24.5 Å². The summed E-state index contributed by atoms with van der Waals surface area (Å²) >= 11 is 0. The van der Waals surface area contributed by atoms with E-state index in [2.05, 4.69) is 45.3 Å². The van der Waals surface area contributed by atoms with Gasteiger partial charge in [0, 0.05) is 42.8 Å². The van der Waals surface area contributed by atoms with Crippen LogP contribution in [0, 0.1) is 23.1 Å². The predicted molar refractivity (Wildman–Crippen MR) is 107 cm³/mol. The van der Waals surface area contributed by atoms with Crippen LogP contribution >= 0.6 is 0 Å². The van der Waals surface area contributed by atoms with Gasteiger partial charge < -0.3 is 10.2 Å². The van der Waals surface area contributed by atoms with Crippen LogP contribution in [0.1, 0.15) is 25.8 Å². The van der Waals surface area contributed by atoms with Crippen molar-refractivity contribution in [2.24, 2.45) is 5.92 Å². The lowest BCUT2D eigenvalue weighted by atomic mass is 9.99. The number of nitriles is 1. The van der Waals surface area contributed by atoms with Crippen LogP contribution in [0.4, 0.5) is 10.1 Å². The van der Waals surface area contributed by atoms with E-state index in [-0.39, 0.29) is 11.4 Å². The number of aromatic amines is 1. The minimum atomic E-state index is -0.372. The first-order chi connectivity index (χ1) is 13.6. The zero-order valence-electron chi connectivity index (χ0n) is 16.0. The molecule has 28 heavy (non-hydrogen) atoms. The van der Waals surface area contributed by atoms with E-state index in [1.54, 1.807) is 12.3 Å². The zero-order valence-corrected chi connectivity index (χ0v) is 16.0. The van der Waals surface area contributed by atoms with Crippen molar-refractivity contribution in [3.63, 3.8) is 0 Å². The smallest absolute Gasteiger partial charge is 0.155 e. The van der Waals surface area contributed by atoms with Gasteiger partial charge >= 0.3 is 0 Å². The number of hydrogen-bond acceptors (Lipinski definition) is 5. The molecular weight excluding hydrogens is 355 g/mol. The lowest BCUT2D eigenvalue weighted by Crippen LogP contribution is -2.51. The van der Waals surface area contributed by atoms with E-state index in [4.69, 9.17) is 0 Å². The molecule has 0 radical (unpaired) electrons. The number of aromatic nitrogens is 3. The van der Waals surface area contributed by atoms with Crippen molar-refractivity contribution >= 4 is 16.7 Å². The molecule has 2 aromatic heterocycles. The van der Waals surface area contributed by atoms with Crippen LogP contribution < -0.4 is 10.2 Å². The Balaban J connectivity index is 1.76.